The first-order valence-corrected chi connectivity index (χ1v) is 11.0. The normalized spacial score (nSPS) is 18.0. The maximum absolute atomic E-state index is 12.8. The van der Waals surface area contributed by atoms with Gasteiger partial charge in [0.2, 0.25) is 5.91 Å². The number of nitrogens with one attached hydrogen (secondary N) is 2. The smallest absolute Gasteiger partial charge is 0.306 e. The Labute approximate surface area is 196 Å². The molecule has 9 heteroatoms. The number of anilines is 1. The van der Waals surface area contributed by atoms with Gasteiger partial charge in [-0.3, -0.25) is 14.4 Å². The molecule has 3 N–H and O–H groups in total. The first kappa shape index (κ1) is 23.9. The lowest BCUT2D eigenvalue weighted by Crippen LogP contribution is -2.30. The van der Waals surface area contributed by atoms with Gasteiger partial charge in [0.05, 0.1) is 29.3 Å². The van der Waals surface area contributed by atoms with Crippen LogP contribution in [-0.4, -0.2) is 30.0 Å². The molecule has 2 aromatic carbocycles. The molecule has 1 saturated carbocycles. The maximum atomic E-state index is 12.8. The number of carbonyl (C=O) groups excluding carboxylic acids is 2. The van der Waals surface area contributed by atoms with Gasteiger partial charge in [-0.15, -0.1) is 0 Å². The number of carboxylic acids is 1. The Hall–Kier alpha value is -2.77. The van der Waals surface area contributed by atoms with Gasteiger partial charge in [0.1, 0.15) is 5.75 Å². The second-order valence-corrected chi connectivity index (χ2v) is 8.56. The number of rotatable bonds is 7. The van der Waals surface area contributed by atoms with Crippen molar-refractivity contribution in [2.45, 2.75) is 32.2 Å². The van der Waals surface area contributed by atoms with E-state index in [1.165, 1.54) is 13.2 Å². The van der Waals surface area contributed by atoms with E-state index in [-0.39, 0.29) is 23.9 Å². The summed E-state index contributed by atoms with van der Waals surface area (Å²) in [6, 6.07) is 9.88. The first-order valence-electron chi connectivity index (χ1n) is 10.2. The van der Waals surface area contributed by atoms with Gasteiger partial charge in [-0.2, -0.15) is 0 Å². The van der Waals surface area contributed by atoms with E-state index in [0.717, 1.165) is 5.56 Å². The summed E-state index contributed by atoms with van der Waals surface area (Å²) < 4.78 is 5.19. The third kappa shape index (κ3) is 5.93. The Morgan fingerprint density at radius 2 is 1.72 bits per heavy atom. The molecular weight excluding hydrogens is 455 g/mol. The van der Waals surface area contributed by atoms with E-state index in [1.807, 2.05) is 0 Å². The highest BCUT2D eigenvalue weighted by Crippen LogP contribution is 2.31. The number of ether oxygens (including phenoxy) is 1. The topological polar surface area (TPSA) is 105 Å². The van der Waals surface area contributed by atoms with Gasteiger partial charge in [0.25, 0.3) is 5.91 Å². The average Bonchev–Trinajstić information content (AvgIpc) is 2.79. The molecule has 0 saturated heterocycles. The molecule has 2 amide bonds. The van der Waals surface area contributed by atoms with Crippen molar-refractivity contribution in [2.75, 3.05) is 12.4 Å². The molecule has 0 bridgehead atoms. The minimum absolute atomic E-state index is 0.228. The van der Waals surface area contributed by atoms with Crippen LogP contribution in [-0.2, 0) is 16.1 Å². The number of carbonyl (C=O) groups is 3. The first-order chi connectivity index (χ1) is 15.3. The Balaban J connectivity index is 1.67. The molecule has 2 aromatic rings. The lowest BCUT2D eigenvalue weighted by atomic mass is 9.81. The van der Waals surface area contributed by atoms with Gasteiger partial charge >= 0.3 is 5.97 Å². The van der Waals surface area contributed by atoms with E-state index in [1.54, 1.807) is 30.3 Å². The summed E-state index contributed by atoms with van der Waals surface area (Å²) in [5.41, 5.74) is 1.39. The van der Waals surface area contributed by atoms with Crippen LogP contribution in [0.15, 0.2) is 36.4 Å². The summed E-state index contributed by atoms with van der Waals surface area (Å²) in [4.78, 5) is 36.7. The van der Waals surface area contributed by atoms with E-state index in [9.17, 15) is 14.4 Å². The summed E-state index contributed by atoms with van der Waals surface area (Å²) in [5.74, 6) is -1.63. The lowest BCUT2D eigenvalue weighted by molar-refractivity contribution is -0.143. The molecule has 0 atom stereocenters. The van der Waals surface area contributed by atoms with E-state index >= 15 is 0 Å². The molecule has 0 heterocycles. The molecule has 170 valence electrons. The van der Waals surface area contributed by atoms with Crippen molar-refractivity contribution in [2.24, 2.45) is 11.8 Å². The molecule has 32 heavy (non-hydrogen) atoms. The van der Waals surface area contributed by atoms with Gasteiger partial charge in [-0.05, 0) is 61.6 Å². The van der Waals surface area contributed by atoms with Gasteiger partial charge < -0.3 is 20.5 Å². The Morgan fingerprint density at radius 3 is 2.38 bits per heavy atom. The third-order valence-electron chi connectivity index (χ3n) is 5.60. The number of methoxy groups -OCH3 is 1. The van der Waals surface area contributed by atoms with Crippen LogP contribution in [0.2, 0.25) is 10.0 Å². The molecule has 0 radical (unpaired) electrons. The van der Waals surface area contributed by atoms with Gasteiger partial charge in [0.15, 0.2) is 0 Å². The van der Waals surface area contributed by atoms with Gasteiger partial charge in [-0.25, -0.2) is 0 Å². The molecular formula is C23H24Cl2N2O5. The van der Waals surface area contributed by atoms with E-state index in [4.69, 9.17) is 33.0 Å². The number of hydrogen-bond acceptors (Lipinski definition) is 4. The van der Waals surface area contributed by atoms with Crippen LogP contribution in [0.5, 0.6) is 5.75 Å². The van der Waals surface area contributed by atoms with E-state index in [0.29, 0.717) is 47.2 Å². The highest BCUT2D eigenvalue weighted by atomic mass is 35.5. The minimum atomic E-state index is -0.821. The molecule has 0 aliphatic heterocycles. The number of hydrogen-bond donors (Lipinski definition) is 3. The van der Waals surface area contributed by atoms with Crippen molar-refractivity contribution in [1.29, 1.82) is 0 Å². The van der Waals surface area contributed by atoms with Crippen molar-refractivity contribution in [3.63, 3.8) is 0 Å². The SMILES string of the molecule is COc1cc(CNC(=O)c2cc(Cl)ccc2NC(=O)[C@H]2CC[C@H](C(=O)O)CC2)ccc1Cl. The van der Waals surface area contributed by atoms with Crippen molar-refractivity contribution >= 4 is 46.7 Å². The summed E-state index contributed by atoms with van der Waals surface area (Å²) in [5, 5.41) is 15.6. The zero-order chi connectivity index (χ0) is 23.3. The molecule has 0 spiro atoms. The predicted molar refractivity (Wildman–Crippen MR) is 122 cm³/mol. The molecule has 3 rings (SSSR count). The molecule has 0 unspecified atom stereocenters. The van der Waals surface area contributed by atoms with Crippen LogP contribution in [0.3, 0.4) is 0 Å². The molecule has 1 aliphatic carbocycles. The number of halogens is 2. The van der Waals surface area contributed by atoms with Crippen molar-refractivity contribution < 1.29 is 24.2 Å². The molecule has 0 aromatic heterocycles. The van der Waals surface area contributed by atoms with Crippen LogP contribution >= 0.6 is 23.2 Å². The molecule has 1 fully saturated rings. The quantitative estimate of drug-likeness (QED) is 0.531. The lowest BCUT2D eigenvalue weighted by Gasteiger charge is -2.25. The van der Waals surface area contributed by atoms with Crippen molar-refractivity contribution in [1.82, 2.24) is 5.32 Å². The number of benzene rings is 2. The number of carboxylic acid groups (broad SMARTS) is 1. The molecule has 7 nitrogen and oxygen atoms in total. The largest absolute Gasteiger partial charge is 0.495 e. The summed E-state index contributed by atoms with van der Waals surface area (Å²) in [7, 11) is 1.51. The van der Waals surface area contributed by atoms with Crippen LogP contribution in [0.25, 0.3) is 0 Å². The van der Waals surface area contributed by atoms with Crippen LogP contribution < -0.4 is 15.4 Å². The maximum Gasteiger partial charge on any atom is 0.306 e. The van der Waals surface area contributed by atoms with Gasteiger partial charge in [0, 0.05) is 17.5 Å². The number of aliphatic carboxylic acids is 1. The monoisotopic (exact) mass is 478 g/mol. The second-order valence-electron chi connectivity index (χ2n) is 7.72. The van der Waals surface area contributed by atoms with E-state index in [2.05, 4.69) is 10.6 Å². The minimum Gasteiger partial charge on any atom is -0.495 e. The summed E-state index contributed by atoms with van der Waals surface area (Å²) in [6.07, 6.45) is 1.92. The standard InChI is InChI=1S/C23H24Cl2N2O5/c1-32-20-10-13(2-8-18(20)25)12-26-22(29)17-11-16(24)7-9-19(17)27-21(28)14-3-5-15(6-4-14)23(30)31/h2,7-11,14-15H,3-6,12H2,1H3,(H,26,29)(H,27,28)(H,30,31)/t14-,15-. The van der Waals surface area contributed by atoms with Crippen LogP contribution in [0, 0.1) is 11.8 Å². The van der Waals surface area contributed by atoms with Crippen molar-refractivity contribution in [3.05, 3.63) is 57.6 Å². The van der Waals surface area contributed by atoms with Crippen molar-refractivity contribution in [3.8, 4) is 5.75 Å². The Bertz CT molecular complexity index is 1020. The fraction of sp³-hybridized carbons (Fsp3) is 0.348. The predicted octanol–water partition coefficient (Wildman–Crippen LogP) is 4.76. The van der Waals surface area contributed by atoms with Gasteiger partial charge in [-0.1, -0.05) is 29.3 Å². The summed E-state index contributed by atoms with van der Waals surface area (Å²) in [6.45, 7) is 0.228. The Kier molecular flexibility index (Phi) is 7.99. The molecule has 1 aliphatic rings. The zero-order valence-corrected chi connectivity index (χ0v) is 19.0. The number of amides is 2. The van der Waals surface area contributed by atoms with Crippen LogP contribution in [0.4, 0.5) is 5.69 Å². The highest BCUT2D eigenvalue weighted by molar-refractivity contribution is 6.32. The fourth-order valence-electron chi connectivity index (χ4n) is 3.74. The average molecular weight is 479 g/mol. The van der Waals surface area contributed by atoms with E-state index < -0.39 is 17.8 Å². The van der Waals surface area contributed by atoms with Crippen LogP contribution in [0.1, 0.15) is 41.6 Å². The fourth-order valence-corrected chi connectivity index (χ4v) is 4.11. The Morgan fingerprint density at radius 1 is 1.03 bits per heavy atom. The highest BCUT2D eigenvalue weighted by Gasteiger charge is 2.30. The zero-order valence-electron chi connectivity index (χ0n) is 17.5. The summed E-state index contributed by atoms with van der Waals surface area (Å²) >= 11 is 12.1. The third-order valence-corrected chi connectivity index (χ3v) is 6.15. The second kappa shape index (κ2) is 10.7.